The van der Waals surface area contributed by atoms with Crippen LogP contribution in [-0.2, 0) is 15.1 Å². The van der Waals surface area contributed by atoms with Crippen LogP contribution in [0.2, 0.25) is 0 Å². The molecular formula is C24H29N5O2. The minimum Gasteiger partial charge on any atom is -0.378 e. The lowest BCUT2D eigenvalue weighted by Gasteiger charge is -2.48. The van der Waals surface area contributed by atoms with Crippen molar-refractivity contribution >= 4 is 23.6 Å². The molecule has 4 atom stereocenters. The maximum absolute atomic E-state index is 12.4. The van der Waals surface area contributed by atoms with Gasteiger partial charge in [-0.1, -0.05) is 0 Å². The van der Waals surface area contributed by atoms with Gasteiger partial charge in [0.25, 0.3) is 0 Å². The van der Waals surface area contributed by atoms with Crippen molar-refractivity contribution in [2.45, 2.75) is 69.7 Å². The van der Waals surface area contributed by atoms with Crippen LogP contribution in [0.1, 0.15) is 57.1 Å². The zero-order valence-corrected chi connectivity index (χ0v) is 18.2. The summed E-state index contributed by atoms with van der Waals surface area (Å²) < 4.78 is 5.82. The molecule has 2 fully saturated rings. The summed E-state index contributed by atoms with van der Waals surface area (Å²) >= 11 is 0. The number of fused-ring (bicyclic) bond motifs is 3. The number of hydrogen-bond donors (Lipinski definition) is 1. The van der Waals surface area contributed by atoms with Crippen LogP contribution in [0, 0.1) is 17.2 Å². The molecule has 31 heavy (non-hydrogen) atoms. The van der Waals surface area contributed by atoms with Gasteiger partial charge in [0.05, 0.1) is 35.5 Å². The molecule has 7 nitrogen and oxygen atoms in total. The van der Waals surface area contributed by atoms with Crippen LogP contribution < -0.4 is 5.32 Å². The molecule has 3 aliphatic heterocycles. The SMILES string of the molecule is C[C@@H]1CC(N2C(CNC(=O)CC3CC3)=NC3C=Nc4ccc(C#N)cc4C32C)CCO1. The van der Waals surface area contributed by atoms with Gasteiger partial charge in [0, 0.05) is 30.8 Å². The fourth-order valence-corrected chi connectivity index (χ4v) is 5.26. The number of ether oxygens (including phenoxy) is 1. The number of nitrogens with one attached hydrogen (secondary N) is 1. The molecule has 1 aliphatic carbocycles. The Balaban J connectivity index is 1.49. The van der Waals surface area contributed by atoms with E-state index in [4.69, 9.17) is 9.73 Å². The van der Waals surface area contributed by atoms with Crippen LogP contribution in [0.4, 0.5) is 5.69 Å². The minimum atomic E-state index is -0.442. The maximum atomic E-state index is 12.4. The van der Waals surface area contributed by atoms with Crippen LogP contribution in [0.5, 0.6) is 0 Å². The van der Waals surface area contributed by atoms with E-state index in [1.54, 1.807) is 0 Å². The largest absolute Gasteiger partial charge is 0.378 e. The molecule has 3 heterocycles. The molecule has 1 saturated heterocycles. The average Bonchev–Trinajstić information content (AvgIpc) is 3.52. The molecule has 1 saturated carbocycles. The summed E-state index contributed by atoms with van der Waals surface area (Å²) in [6.45, 7) is 5.44. The molecular weight excluding hydrogens is 390 g/mol. The third-order valence-corrected chi connectivity index (χ3v) is 7.11. The summed E-state index contributed by atoms with van der Waals surface area (Å²) in [4.78, 5) is 24.5. The van der Waals surface area contributed by atoms with E-state index in [0.717, 1.165) is 42.8 Å². The van der Waals surface area contributed by atoms with Crippen LogP contribution in [0.15, 0.2) is 28.2 Å². The molecule has 162 valence electrons. The van der Waals surface area contributed by atoms with Gasteiger partial charge in [0.15, 0.2) is 0 Å². The van der Waals surface area contributed by atoms with Crippen molar-refractivity contribution in [1.29, 1.82) is 5.26 Å². The Bertz CT molecular complexity index is 992. The first-order chi connectivity index (χ1) is 15.0. The molecule has 0 aromatic heterocycles. The second-order valence-electron chi connectivity index (χ2n) is 9.41. The Morgan fingerprint density at radius 2 is 2.23 bits per heavy atom. The van der Waals surface area contributed by atoms with E-state index in [9.17, 15) is 10.1 Å². The molecule has 1 aromatic rings. The van der Waals surface area contributed by atoms with Gasteiger partial charge in [-0.25, -0.2) is 0 Å². The predicted octanol–water partition coefficient (Wildman–Crippen LogP) is 3.06. The van der Waals surface area contributed by atoms with Crippen molar-refractivity contribution in [3.05, 3.63) is 29.3 Å². The summed E-state index contributed by atoms with van der Waals surface area (Å²) in [7, 11) is 0. The fraction of sp³-hybridized carbons (Fsp3) is 0.583. The first-order valence-corrected chi connectivity index (χ1v) is 11.3. The van der Waals surface area contributed by atoms with Crippen LogP contribution in [-0.4, -0.2) is 54.2 Å². The molecule has 0 radical (unpaired) electrons. The molecule has 0 bridgehead atoms. The summed E-state index contributed by atoms with van der Waals surface area (Å²) in [5.41, 5.74) is 2.10. The van der Waals surface area contributed by atoms with Gasteiger partial charge in [-0.2, -0.15) is 5.26 Å². The van der Waals surface area contributed by atoms with Crippen LogP contribution in [0.3, 0.4) is 0 Å². The van der Waals surface area contributed by atoms with E-state index in [2.05, 4.69) is 35.1 Å². The van der Waals surface area contributed by atoms with Crippen molar-refractivity contribution < 1.29 is 9.53 Å². The zero-order valence-electron chi connectivity index (χ0n) is 18.2. The lowest BCUT2D eigenvalue weighted by Crippen LogP contribution is -2.57. The molecule has 5 rings (SSSR count). The standard InChI is InChI=1S/C24H29N5O2/c1-15-9-18(7-8-31-15)29-22(14-27-23(30)11-16-3-4-16)28-21-13-26-20-6-5-17(12-25)10-19(20)24(21,29)2/h5-6,10,13,15-16,18,21H,3-4,7-9,11,14H2,1-2H3,(H,27,30)/t15-,18?,21?,24?/m1/s1. The fourth-order valence-electron chi connectivity index (χ4n) is 5.26. The lowest BCUT2D eigenvalue weighted by atomic mass is 9.79. The van der Waals surface area contributed by atoms with Gasteiger partial charge in [-0.3, -0.25) is 14.8 Å². The number of rotatable bonds is 5. The van der Waals surface area contributed by atoms with Gasteiger partial charge >= 0.3 is 0 Å². The van der Waals surface area contributed by atoms with E-state index in [0.29, 0.717) is 31.1 Å². The number of amidine groups is 1. The molecule has 0 spiro atoms. The molecule has 1 N–H and O–H groups in total. The van der Waals surface area contributed by atoms with Gasteiger partial charge in [-0.05, 0) is 63.6 Å². The van der Waals surface area contributed by atoms with E-state index < -0.39 is 5.54 Å². The Hall–Kier alpha value is -2.72. The number of benzene rings is 1. The smallest absolute Gasteiger partial charge is 0.220 e. The lowest BCUT2D eigenvalue weighted by molar-refractivity contribution is -0.121. The highest BCUT2D eigenvalue weighted by molar-refractivity contribution is 5.95. The molecule has 7 heteroatoms. The van der Waals surface area contributed by atoms with E-state index in [-0.39, 0.29) is 24.1 Å². The summed E-state index contributed by atoms with van der Waals surface area (Å²) in [6, 6.07) is 8.06. The van der Waals surface area contributed by atoms with Crippen molar-refractivity contribution in [3.63, 3.8) is 0 Å². The number of hydrogen-bond acceptors (Lipinski definition) is 6. The topological polar surface area (TPSA) is 90.1 Å². The Morgan fingerprint density at radius 1 is 1.39 bits per heavy atom. The average molecular weight is 420 g/mol. The van der Waals surface area contributed by atoms with E-state index in [1.807, 2.05) is 24.4 Å². The van der Waals surface area contributed by atoms with Gasteiger partial charge in [0.1, 0.15) is 11.9 Å². The van der Waals surface area contributed by atoms with Crippen molar-refractivity contribution in [1.82, 2.24) is 10.2 Å². The number of amides is 1. The van der Waals surface area contributed by atoms with Gasteiger partial charge in [0.2, 0.25) is 5.91 Å². The monoisotopic (exact) mass is 419 g/mol. The summed E-state index contributed by atoms with van der Waals surface area (Å²) in [5.74, 6) is 1.56. The van der Waals surface area contributed by atoms with E-state index in [1.165, 1.54) is 0 Å². The predicted molar refractivity (Wildman–Crippen MR) is 119 cm³/mol. The van der Waals surface area contributed by atoms with Gasteiger partial charge < -0.3 is 15.0 Å². The maximum Gasteiger partial charge on any atom is 0.220 e. The second-order valence-corrected chi connectivity index (χ2v) is 9.41. The number of nitriles is 1. The Labute approximate surface area is 183 Å². The minimum absolute atomic E-state index is 0.103. The Morgan fingerprint density at radius 3 is 2.97 bits per heavy atom. The normalized spacial score (nSPS) is 31.5. The molecule has 1 amide bonds. The van der Waals surface area contributed by atoms with Crippen molar-refractivity contribution in [2.75, 3.05) is 13.2 Å². The number of nitrogens with zero attached hydrogens (tertiary/aromatic N) is 4. The molecule has 1 aromatic carbocycles. The quantitative estimate of drug-likeness (QED) is 0.794. The van der Waals surface area contributed by atoms with Gasteiger partial charge in [-0.15, -0.1) is 0 Å². The molecule has 3 unspecified atom stereocenters. The third kappa shape index (κ3) is 3.63. The highest BCUT2D eigenvalue weighted by Crippen LogP contribution is 2.47. The Kier molecular flexibility index (Phi) is 5.05. The number of carbonyl (C=O) groups is 1. The van der Waals surface area contributed by atoms with E-state index >= 15 is 0 Å². The van der Waals surface area contributed by atoms with Crippen LogP contribution >= 0.6 is 0 Å². The van der Waals surface area contributed by atoms with Crippen molar-refractivity contribution in [3.8, 4) is 6.07 Å². The highest BCUT2D eigenvalue weighted by Gasteiger charge is 2.52. The zero-order chi connectivity index (χ0) is 21.6. The second kappa shape index (κ2) is 7.76. The third-order valence-electron chi connectivity index (χ3n) is 7.11. The van der Waals surface area contributed by atoms with Crippen LogP contribution in [0.25, 0.3) is 0 Å². The summed E-state index contributed by atoms with van der Waals surface area (Å²) in [5, 5.41) is 12.6. The first kappa shape index (κ1) is 20.2. The molecule has 4 aliphatic rings. The number of carbonyl (C=O) groups excluding carboxylic acids is 1. The van der Waals surface area contributed by atoms with Crippen molar-refractivity contribution in [2.24, 2.45) is 15.9 Å². The first-order valence-electron chi connectivity index (χ1n) is 11.3. The highest BCUT2D eigenvalue weighted by atomic mass is 16.5. The number of aliphatic imine (C=N–C) groups is 2. The summed E-state index contributed by atoms with van der Waals surface area (Å²) in [6.07, 6.45) is 6.84.